The molecule has 0 aromatic heterocycles. The van der Waals surface area contributed by atoms with Gasteiger partial charge in [0.15, 0.2) is 0 Å². The van der Waals surface area contributed by atoms with Crippen LogP contribution in [0.5, 0.6) is 0 Å². The van der Waals surface area contributed by atoms with Crippen LogP contribution in [0.2, 0.25) is 0 Å². The van der Waals surface area contributed by atoms with Crippen molar-refractivity contribution in [1.29, 1.82) is 0 Å². The summed E-state index contributed by atoms with van der Waals surface area (Å²) in [4.78, 5) is 11.6. The van der Waals surface area contributed by atoms with E-state index in [-0.39, 0.29) is 12.5 Å². The third-order valence-corrected chi connectivity index (χ3v) is 3.89. The summed E-state index contributed by atoms with van der Waals surface area (Å²) < 4.78 is 0. The Hall–Kier alpha value is -1.55. The molecule has 0 bridgehead atoms. The monoisotopic (exact) mass is 250 g/mol. The maximum absolute atomic E-state index is 11.6. The van der Waals surface area contributed by atoms with Gasteiger partial charge in [0.25, 0.3) is 0 Å². The lowest BCUT2D eigenvalue weighted by atomic mass is 9.72. The first kappa shape index (κ1) is 14.5. The van der Waals surface area contributed by atoms with E-state index in [4.69, 9.17) is 11.5 Å². The van der Waals surface area contributed by atoms with E-state index in [0.717, 1.165) is 11.1 Å². The van der Waals surface area contributed by atoms with Gasteiger partial charge in [0.1, 0.15) is 0 Å². The number of carboxylic acids is 1. The zero-order chi connectivity index (χ0) is 13.9. The maximum atomic E-state index is 11.6. The molecule has 18 heavy (non-hydrogen) atoms. The topological polar surface area (TPSA) is 89.3 Å². The first-order valence-electron chi connectivity index (χ1n) is 6.12. The molecule has 0 aliphatic rings. The Balaban J connectivity index is 3.19. The van der Waals surface area contributed by atoms with Crippen LogP contribution in [0.15, 0.2) is 18.2 Å². The van der Waals surface area contributed by atoms with Gasteiger partial charge in [0, 0.05) is 12.2 Å². The number of hydrogen-bond donors (Lipinski definition) is 3. The molecule has 0 radical (unpaired) electrons. The van der Waals surface area contributed by atoms with Crippen LogP contribution in [0.3, 0.4) is 0 Å². The molecule has 0 aliphatic heterocycles. The smallest absolute Gasteiger partial charge is 0.311 e. The maximum Gasteiger partial charge on any atom is 0.311 e. The van der Waals surface area contributed by atoms with Crippen molar-refractivity contribution in [2.75, 3.05) is 12.3 Å². The van der Waals surface area contributed by atoms with Crippen LogP contribution in [-0.4, -0.2) is 17.6 Å². The summed E-state index contributed by atoms with van der Waals surface area (Å²) in [6.45, 7) is 5.81. The highest BCUT2D eigenvalue weighted by atomic mass is 16.4. The summed E-state index contributed by atoms with van der Waals surface area (Å²) in [5, 5.41) is 9.50. The quantitative estimate of drug-likeness (QED) is 0.695. The van der Waals surface area contributed by atoms with Gasteiger partial charge < -0.3 is 16.6 Å². The van der Waals surface area contributed by atoms with Gasteiger partial charge in [-0.3, -0.25) is 4.79 Å². The number of carboxylic acid groups (broad SMARTS) is 1. The van der Waals surface area contributed by atoms with Crippen molar-refractivity contribution in [3.8, 4) is 0 Å². The third-order valence-electron chi connectivity index (χ3n) is 3.89. The summed E-state index contributed by atoms with van der Waals surface area (Å²) in [6, 6.07) is 5.58. The molecule has 1 unspecified atom stereocenters. The van der Waals surface area contributed by atoms with Crippen LogP contribution < -0.4 is 11.5 Å². The highest BCUT2D eigenvalue weighted by Crippen LogP contribution is 2.33. The van der Waals surface area contributed by atoms with E-state index in [2.05, 4.69) is 0 Å². The van der Waals surface area contributed by atoms with Crippen LogP contribution >= 0.6 is 0 Å². The largest absolute Gasteiger partial charge is 0.481 e. The molecule has 0 aliphatic carbocycles. The van der Waals surface area contributed by atoms with Crippen molar-refractivity contribution in [3.63, 3.8) is 0 Å². The summed E-state index contributed by atoms with van der Waals surface area (Å²) in [6.07, 6.45) is 0.410. The van der Waals surface area contributed by atoms with Crippen LogP contribution in [0.25, 0.3) is 0 Å². The second kappa shape index (κ2) is 5.40. The van der Waals surface area contributed by atoms with E-state index in [1.54, 1.807) is 0 Å². The number of carbonyl (C=O) groups is 1. The molecule has 5 N–H and O–H groups in total. The normalized spacial score (nSPS) is 14.5. The molecule has 100 valence electrons. The Morgan fingerprint density at radius 1 is 1.44 bits per heavy atom. The molecule has 4 heteroatoms. The van der Waals surface area contributed by atoms with Crippen molar-refractivity contribution in [2.45, 2.75) is 27.2 Å². The summed E-state index contributed by atoms with van der Waals surface area (Å²) >= 11 is 0. The summed E-state index contributed by atoms with van der Waals surface area (Å²) in [7, 11) is 0. The van der Waals surface area contributed by atoms with Gasteiger partial charge in [-0.15, -0.1) is 0 Å². The van der Waals surface area contributed by atoms with E-state index in [1.807, 2.05) is 39.0 Å². The van der Waals surface area contributed by atoms with Crippen molar-refractivity contribution in [3.05, 3.63) is 29.3 Å². The molecule has 0 saturated heterocycles. The molecule has 1 rings (SSSR count). The van der Waals surface area contributed by atoms with Gasteiger partial charge in [-0.2, -0.15) is 0 Å². The highest BCUT2D eigenvalue weighted by molar-refractivity contribution is 5.76. The van der Waals surface area contributed by atoms with Crippen LogP contribution in [-0.2, 0) is 11.2 Å². The van der Waals surface area contributed by atoms with Gasteiger partial charge in [-0.1, -0.05) is 26.0 Å². The first-order chi connectivity index (χ1) is 8.35. The average molecular weight is 250 g/mol. The van der Waals surface area contributed by atoms with Crippen LogP contribution in [0.1, 0.15) is 25.0 Å². The molecule has 0 amide bonds. The Morgan fingerprint density at radius 2 is 2.06 bits per heavy atom. The van der Waals surface area contributed by atoms with Gasteiger partial charge in [0.05, 0.1) is 5.41 Å². The summed E-state index contributed by atoms with van der Waals surface area (Å²) in [5.41, 5.74) is 13.2. The molecule has 1 atom stereocenters. The van der Waals surface area contributed by atoms with Crippen molar-refractivity contribution in [1.82, 2.24) is 0 Å². The minimum absolute atomic E-state index is 0.0409. The highest BCUT2D eigenvalue weighted by Gasteiger charge is 2.40. The Labute approximate surface area is 108 Å². The zero-order valence-corrected chi connectivity index (χ0v) is 11.2. The van der Waals surface area contributed by atoms with Gasteiger partial charge >= 0.3 is 5.97 Å². The minimum Gasteiger partial charge on any atom is -0.481 e. The molecule has 0 saturated carbocycles. The lowest BCUT2D eigenvalue weighted by Crippen LogP contribution is -2.45. The molecular weight excluding hydrogens is 228 g/mol. The lowest BCUT2D eigenvalue weighted by Gasteiger charge is -2.32. The Kier molecular flexibility index (Phi) is 4.35. The third kappa shape index (κ3) is 2.48. The fourth-order valence-electron chi connectivity index (χ4n) is 2.16. The number of rotatable bonds is 5. The second-order valence-electron chi connectivity index (χ2n) is 5.13. The molecule has 4 nitrogen and oxygen atoms in total. The fourth-order valence-corrected chi connectivity index (χ4v) is 2.16. The van der Waals surface area contributed by atoms with E-state index in [1.165, 1.54) is 0 Å². The predicted octanol–water partition coefficient (Wildman–Crippen LogP) is 1.81. The summed E-state index contributed by atoms with van der Waals surface area (Å²) in [5.74, 6) is -0.886. The van der Waals surface area contributed by atoms with E-state index in [0.29, 0.717) is 12.1 Å². The van der Waals surface area contributed by atoms with Crippen molar-refractivity contribution < 1.29 is 9.90 Å². The van der Waals surface area contributed by atoms with E-state index in [9.17, 15) is 9.90 Å². The standard InChI is InChI=1S/C14H22N2O2/c1-9(2)14(8-15,13(17)18)7-11-5-4-6-12(16)10(11)3/h4-6,9H,7-8,15-16H2,1-3H3,(H,17,18). The average Bonchev–Trinajstić information content (AvgIpc) is 2.30. The van der Waals surface area contributed by atoms with Crippen LogP contribution in [0, 0.1) is 18.3 Å². The molecule has 0 heterocycles. The van der Waals surface area contributed by atoms with Gasteiger partial charge in [-0.25, -0.2) is 0 Å². The number of benzene rings is 1. The Bertz CT molecular complexity index is 443. The predicted molar refractivity (Wildman–Crippen MR) is 73.3 cm³/mol. The molecule has 0 fully saturated rings. The minimum atomic E-state index is -0.932. The van der Waals surface area contributed by atoms with E-state index < -0.39 is 11.4 Å². The lowest BCUT2D eigenvalue weighted by molar-refractivity contribution is -0.151. The molecule has 1 aromatic carbocycles. The van der Waals surface area contributed by atoms with Crippen LogP contribution in [0.4, 0.5) is 5.69 Å². The Morgan fingerprint density at radius 3 is 2.50 bits per heavy atom. The van der Waals surface area contributed by atoms with Crippen molar-refractivity contribution >= 4 is 11.7 Å². The van der Waals surface area contributed by atoms with Gasteiger partial charge in [0.2, 0.25) is 0 Å². The fraction of sp³-hybridized carbons (Fsp3) is 0.500. The molecule has 0 spiro atoms. The SMILES string of the molecule is Cc1c(N)cccc1CC(CN)(C(=O)O)C(C)C. The number of hydrogen-bond acceptors (Lipinski definition) is 3. The zero-order valence-electron chi connectivity index (χ0n) is 11.2. The second-order valence-corrected chi connectivity index (χ2v) is 5.13. The molecular formula is C14H22N2O2. The van der Waals surface area contributed by atoms with E-state index >= 15 is 0 Å². The number of nitrogens with two attached hydrogens (primary N) is 2. The molecule has 1 aromatic rings. The number of anilines is 1. The van der Waals surface area contributed by atoms with Crippen molar-refractivity contribution in [2.24, 2.45) is 17.1 Å². The van der Waals surface area contributed by atoms with Gasteiger partial charge in [-0.05, 0) is 36.5 Å². The first-order valence-corrected chi connectivity index (χ1v) is 6.12. The number of aliphatic carboxylic acids is 1. The number of nitrogen functional groups attached to an aromatic ring is 1.